The Morgan fingerprint density at radius 2 is 1.91 bits per heavy atom. The fourth-order valence-corrected chi connectivity index (χ4v) is 4.03. The van der Waals surface area contributed by atoms with Crippen molar-refractivity contribution in [3.63, 3.8) is 0 Å². The van der Waals surface area contributed by atoms with Crippen LogP contribution < -0.4 is 15.6 Å². The molecule has 2 aromatic heterocycles. The van der Waals surface area contributed by atoms with E-state index in [2.05, 4.69) is 20.3 Å². The number of aryl methyl sites for hydroxylation is 1. The maximum Gasteiger partial charge on any atom is 0.257 e. The number of halogens is 2. The fraction of sp³-hybridized carbons (Fsp3) is 0.348. The van der Waals surface area contributed by atoms with Gasteiger partial charge >= 0.3 is 0 Å². The smallest absolute Gasteiger partial charge is 0.257 e. The summed E-state index contributed by atoms with van der Waals surface area (Å²) < 4.78 is 39.4. The molecule has 184 valence electrons. The monoisotopic (exact) mass is 487 g/mol. The molecule has 0 spiro atoms. The van der Waals surface area contributed by atoms with Crippen molar-refractivity contribution < 1.29 is 27.7 Å². The first-order valence-corrected chi connectivity index (χ1v) is 10.9. The summed E-state index contributed by atoms with van der Waals surface area (Å²) in [7, 11) is 1.35. The molecule has 1 aliphatic rings. The number of carbonyl (C=O) groups excluding carboxylic acids is 2. The zero-order chi connectivity index (χ0) is 25.1. The molecule has 1 N–H and O–H groups in total. The largest absolute Gasteiger partial charge is 0.496 e. The summed E-state index contributed by atoms with van der Waals surface area (Å²) in [5.74, 6) is -2.48. The van der Waals surface area contributed by atoms with Gasteiger partial charge in [-0.05, 0) is 19.1 Å². The zero-order valence-corrected chi connectivity index (χ0v) is 19.1. The third kappa shape index (κ3) is 4.91. The second kappa shape index (κ2) is 10.0. The number of nitrogens with one attached hydrogen (secondary N) is 1. The Morgan fingerprint density at radius 1 is 1.17 bits per heavy atom. The number of pyridine rings is 1. The molecule has 3 aromatic rings. The van der Waals surface area contributed by atoms with Crippen LogP contribution in [0.5, 0.6) is 5.75 Å². The quantitative estimate of drug-likeness (QED) is 0.558. The van der Waals surface area contributed by atoms with Gasteiger partial charge in [-0.25, -0.2) is 13.4 Å². The molecule has 10 nitrogen and oxygen atoms in total. The van der Waals surface area contributed by atoms with Gasteiger partial charge in [-0.3, -0.25) is 14.4 Å². The first-order valence-electron chi connectivity index (χ1n) is 10.9. The number of nitrogens with zero attached hydrogens (tertiary/aromatic N) is 4. The van der Waals surface area contributed by atoms with Gasteiger partial charge in [-0.2, -0.15) is 0 Å². The van der Waals surface area contributed by atoms with E-state index in [-0.39, 0.29) is 55.0 Å². The molecule has 0 fully saturated rings. The van der Waals surface area contributed by atoms with Crippen molar-refractivity contribution in [2.45, 2.75) is 32.9 Å². The van der Waals surface area contributed by atoms with Crippen LogP contribution in [0.3, 0.4) is 0 Å². The standard InChI is InChI=1S/C23H23F2N5O5/c1-13-17(28-35-27-13)12-26-23(33)22-18-6-7-29(8-9-30(18)21(32)11-19(22)34-2)20(31)10-14-15(24)4-3-5-16(14)25/h3-5,11H,6-10,12H2,1-2H3,(H,26,33). The number of fused-ring (bicyclic) bond motifs is 1. The van der Waals surface area contributed by atoms with Crippen molar-refractivity contribution in [3.05, 3.63) is 74.5 Å². The van der Waals surface area contributed by atoms with E-state index in [1.807, 2.05) is 0 Å². The maximum atomic E-state index is 14.0. The number of carbonyl (C=O) groups is 2. The van der Waals surface area contributed by atoms with Crippen LogP contribution in [0.2, 0.25) is 0 Å². The van der Waals surface area contributed by atoms with Crippen molar-refractivity contribution >= 4 is 11.8 Å². The van der Waals surface area contributed by atoms with E-state index < -0.39 is 29.9 Å². The molecule has 0 saturated heterocycles. The first kappa shape index (κ1) is 24.0. The third-order valence-electron chi connectivity index (χ3n) is 5.95. The van der Waals surface area contributed by atoms with Crippen LogP contribution in [0.1, 0.15) is 33.0 Å². The molecule has 1 aliphatic heterocycles. The number of ether oxygens (including phenoxy) is 1. The molecule has 0 saturated carbocycles. The van der Waals surface area contributed by atoms with Crippen LogP contribution in [-0.4, -0.2) is 51.8 Å². The molecule has 0 bridgehead atoms. The number of benzene rings is 1. The van der Waals surface area contributed by atoms with E-state index in [9.17, 15) is 23.2 Å². The highest BCUT2D eigenvalue weighted by atomic mass is 19.1. The molecule has 12 heteroatoms. The molecule has 2 amide bonds. The second-order valence-corrected chi connectivity index (χ2v) is 8.01. The number of amides is 2. The number of methoxy groups -OCH3 is 1. The Kier molecular flexibility index (Phi) is 6.90. The SMILES string of the molecule is COc1cc(=O)n2c(c1C(=O)NCc1nonc1C)CCN(C(=O)Cc1c(F)cccc1F)CC2. The Hall–Kier alpha value is -4.09. The minimum Gasteiger partial charge on any atom is -0.496 e. The highest BCUT2D eigenvalue weighted by Gasteiger charge is 2.27. The number of hydrogen-bond donors (Lipinski definition) is 1. The number of rotatable bonds is 6. The van der Waals surface area contributed by atoms with Gasteiger partial charge in [0.2, 0.25) is 5.91 Å². The molecule has 0 radical (unpaired) electrons. The topological polar surface area (TPSA) is 120 Å². The Morgan fingerprint density at radius 3 is 2.57 bits per heavy atom. The van der Waals surface area contributed by atoms with Gasteiger partial charge in [0, 0.05) is 43.4 Å². The van der Waals surface area contributed by atoms with E-state index in [0.717, 1.165) is 12.1 Å². The van der Waals surface area contributed by atoms with Crippen LogP contribution in [-0.2, 0) is 30.7 Å². The summed E-state index contributed by atoms with van der Waals surface area (Å²) in [6.45, 7) is 2.13. The van der Waals surface area contributed by atoms with Gasteiger partial charge in [0.25, 0.3) is 11.5 Å². The average molecular weight is 487 g/mol. The van der Waals surface area contributed by atoms with Crippen molar-refractivity contribution in [2.75, 3.05) is 20.2 Å². The van der Waals surface area contributed by atoms with Crippen molar-refractivity contribution in [2.24, 2.45) is 0 Å². The Labute approximate surface area is 198 Å². The molecule has 3 heterocycles. The summed E-state index contributed by atoms with van der Waals surface area (Å²) in [4.78, 5) is 40.1. The van der Waals surface area contributed by atoms with E-state index >= 15 is 0 Å². The molecule has 0 aliphatic carbocycles. The van der Waals surface area contributed by atoms with Crippen LogP contribution in [0.4, 0.5) is 8.78 Å². The van der Waals surface area contributed by atoms with E-state index in [1.54, 1.807) is 6.92 Å². The lowest BCUT2D eigenvalue weighted by Gasteiger charge is -2.20. The Bertz CT molecular complexity index is 1320. The summed E-state index contributed by atoms with van der Waals surface area (Å²) in [6, 6.07) is 4.64. The summed E-state index contributed by atoms with van der Waals surface area (Å²) in [5.41, 5.74) is 0.842. The minimum atomic E-state index is -0.797. The van der Waals surface area contributed by atoms with Crippen LogP contribution >= 0.6 is 0 Å². The van der Waals surface area contributed by atoms with Gasteiger partial charge in [-0.1, -0.05) is 16.4 Å². The van der Waals surface area contributed by atoms with E-state index in [1.165, 1.54) is 28.7 Å². The van der Waals surface area contributed by atoms with Gasteiger partial charge < -0.3 is 19.5 Å². The lowest BCUT2D eigenvalue weighted by atomic mass is 10.1. The van der Waals surface area contributed by atoms with Gasteiger partial charge in [0.15, 0.2) is 0 Å². The van der Waals surface area contributed by atoms with E-state index in [4.69, 9.17) is 4.74 Å². The lowest BCUT2D eigenvalue weighted by Crippen LogP contribution is -2.35. The molecular formula is C23H23F2N5O5. The number of hydrogen-bond acceptors (Lipinski definition) is 7. The summed E-state index contributed by atoms with van der Waals surface area (Å²) in [5, 5.41) is 10.1. The van der Waals surface area contributed by atoms with Crippen molar-refractivity contribution in [1.82, 2.24) is 25.1 Å². The molecule has 0 atom stereocenters. The summed E-state index contributed by atoms with van der Waals surface area (Å²) in [6.07, 6.45) is -0.295. The minimum absolute atomic E-state index is 0.0503. The molecule has 0 unspecified atom stereocenters. The van der Waals surface area contributed by atoms with Crippen LogP contribution in [0, 0.1) is 18.6 Å². The zero-order valence-electron chi connectivity index (χ0n) is 19.1. The normalized spacial score (nSPS) is 13.2. The maximum absolute atomic E-state index is 14.0. The summed E-state index contributed by atoms with van der Waals surface area (Å²) >= 11 is 0. The lowest BCUT2D eigenvalue weighted by molar-refractivity contribution is -0.130. The first-order chi connectivity index (χ1) is 16.8. The van der Waals surface area contributed by atoms with E-state index in [0.29, 0.717) is 17.1 Å². The molecular weight excluding hydrogens is 464 g/mol. The van der Waals surface area contributed by atoms with Gasteiger partial charge in [0.1, 0.15) is 34.3 Å². The molecule has 1 aromatic carbocycles. The predicted octanol–water partition coefficient (Wildman–Crippen LogP) is 1.38. The van der Waals surface area contributed by atoms with Crippen molar-refractivity contribution in [3.8, 4) is 5.75 Å². The number of aromatic nitrogens is 3. The third-order valence-corrected chi connectivity index (χ3v) is 5.95. The highest BCUT2D eigenvalue weighted by molar-refractivity contribution is 5.98. The van der Waals surface area contributed by atoms with Crippen LogP contribution in [0.25, 0.3) is 0 Å². The molecule has 35 heavy (non-hydrogen) atoms. The molecule has 4 rings (SSSR count). The highest BCUT2D eigenvalue weighted by Crippen LogP contribution is 2.23. The fourth-order valence-electron chi connectivity index (χ4n) is 4.03. The Balaban J connectivity index is 1.57. The average Bonchev–Trinajstić information content (AvgIpc) is 3.11. The van der Waals surface area contributed by atoms with Crippen molar-refractivity contribution in [1.29, 1.82) is 0 Å². The predicted molar refractivity (Wildman–Crippen MR) is 118 cm³/mol. The van der Waals surface area contributed by atoms with Crippen LogP contribution in [0.15, 0.2) is 33.7 Å². The van der Waals surface area contributed by atoms with Gasteiger partial charge in [0.05, 0.1) is 20.1 Å². The second-order valence-electron chi connectivity index (χ2n) is 8.01. The van der Waals surface area contributed by atoms with Gasteiger partial charge in [-0.15, -0.1) is 0 Å².